The lowest BCUT2D eigenvalue weighted by Crippen LogP contribution is -2.68. The fourth-order valence-corrected chi connectivity index (χ4v) is 16.6. The molecule has 0 heterocycles. The lowest BCUT2D eigenvalue weighted by atomic mass is 10.0. The van der Waals surface area contributed by atoms with E-state index in [0.717, 1.165) is 12.8 Å². The van der Waals surface area contributed by atoms with Crippen LogP contribution in [-0.2, 0) is 8.85 Å². The van der Waals surface area contributed by atoms with Gasteiger partial charge in [0.1, 0.15) is 0 Å². The lowest BCUT2D eigenvalue weighted by molar-refractivity contribution is 0.118. The molecule has 2 unspecified atom stereocenters. The molecule has 224 valence electrons. The van der Waals surface area contributed by atoms with Crippen LogP contribution < -0.4 is 20.7 Å². The third-order valence-electron chi connectivity index (χ3n) is 9.36. The minimum atomic E-state index is -2.71. The molecule has 1 aliphatic rings. The van der Waals surface area contributed by atoms with Gasteiger partial charge in [0.25, 0.3) is 16.6 Å². The van der Waals surface area contributed by atoms with Crippen LogP contribution in [0, 0.1) is 5.92 Å². The first kappa shape index (κ1) is 31.4. The zero-order valence-corrected chi connectivity index (χ0v) is 28.8. The first-order valence-electron chi connectivity index (χ1n) is 15.7. The zero-order chi connectivity index (χ0) is 30.7. The van der Waals surface area contributed by atoms with Crippen molar-refractivity contribution in [2.75, 3.05) is 6.61 Å². The summed E-state index contributed by atoms with van der Waals surface area (Å²) in [6, 6.07) is 43.8. The SMILES string of the molecule is C=C1CCC(O[Si](c2ccccc2)(c2ccccc2)C(C)(C)C)C1CO[Si](c1ccccc1)(c1ccccc1)C(C)(C)C. The predicted octanol–water partition coefficient (Wildman–Crippen LogP) is 7.47. The first-order chi connectivity index (χ1) is 20.5. The summed E-state index contributed by atoms with van der Waals surface area (Å²) in [6.45, 7) is 19.3. The third-order valence-corrected chi connectivity index (χ3v) is 19.4. The average molecular weight is 605 g/mol. The predicted molar refractivity (Wildman–Crippen MR) is 188 cm³/mol. The molecule has 2 atom stereocenters. The Kier molecular flexibility index (Phi) is 9.15. The van der Waals surface area contributed by atoms with E-state index in [9.17, 15) is 0 Å². The van der Waals surface area contributed by atoms with Crippen LogP contribution in [0.4, 0.5) is 0 Å². The van der Waals surface area contributed by atoms with E-state index in [1.54, 1.807) is 0 Å². The summed E-state index contributed by atoms with van der Waals surface area (Å²) < 4.78 is 15.2. The van der Waals surface area contributed by atoms with Gasteiger partial charge in [-0.3, -0.25) is 0 Å². The third kappa shape index (κ3) is 5.91. The molecule has 0 spiro atoms. The standard InChI is InChI=1S/C39H48O2Si2/c1-31-28-29-37(41-43(39(5,6)7,34-24-16-10-17-25-34)35-26-18-11-19-27-35)36(31)30-40-42(38(2,3)4,32-20-12-8-13-21-32)33-22-14-9-15-23-33/h8-27,36-37H,1,28-30H2,2-7H3. The Morgan fingerprint density at radius 3 is 1.28 bits per heavy atom. The van der Waals surface area contributed by atoms with Crippen LogP contribution in [0.25, 0.3) is 0 Å². The van der Waals surface area contributed by atoms with Crippen molar-refractivity contribution in [2.45, 2.75) is 70.6 Å². The Morgan fingerprint density at radius 2 is 0.930 bits per heavy atom. The molecule has 0 aromatic heterocycles. The van der Waals surface area contributed by atoms with Crippen LogP contribution in [-0.4, -0.2) is 29.3 Å². The second-order valence-corrected chi connectivity index (χ2v) is 22.7. The van der Waals surface area contributed by atoms with Crippen LogP contribution >= 0.6 is 0 Å². The molecule has 0 bridgehead atoms. The van der Waals surface area contributed by atoms with Crippen LogP contribution in [0.1, 0.15) is 54.4 Å². The van der Waals surface area contributed by atoms with Crippen molar-refractivity contribution < 1.29 is 8.85 Å². The molecule has 2 nitrogen and oxygen atoms in total. The van der Waals surface area contributed by atoms with E-state index in [4.69, 9.17) is 8.85 Å². The molecular weight excluding hydrogens is 557 g/mol. The fourth-order valence-electron chi connectivity index (χ4n) is 7.24. The van der Waals surface area contributed by atoms with Gasteiger partial charge in [-0.25, -0.2) is 0 Å². The number of hydrogen-bond acceptors (Lipinski definition) is 2. The average Bonchev–Trinajstić information content (AvgIpc) is 3.35. The monoisotopic (exact) mass is 604 g/mol. The first-order valence-corrected chi connectivity index (χ1v) is 19.5. The molecule has 0 amide bonds. The van der Waals surface area contributed by atoms with E-state index in [-0.39, 0.29) is 22.1 Å². The number of hydrogen-bond donors (Lipinski definition) is 0. The molecule has 4 heteroatoms. The molecule has 0 N–H and O–H groups in total. The molecule has 0 saturated heterocycles. The van der Waals surface area contributed by atoms with Crippen molar-refractivity contribution in [1.82, 2.24) is 0 Å². The summed E-state index contributed by atoms with van der Waals surface area (Å²) in [5.74, 6) is 0.128. The molecule has 4 aromatic rings. The lowest BCUT2D eigenvalue weighted by Gasteiger charge is -2.46. The van der Waals surface area contributed by atoms with Gasteiger partial charge < -0.3 is 8.85 Å². The second-order valence-electron chi connectivity index (χ2n) is 14.1. The van der Waals surface area contributed by atoms with Gasteiger partial charge in [-0.1, -0.05) is 175 Å². The highest BCUT2D eigenvalue weighted by atomic mass is 28.4. The van der Waals surface area contributed by atoms with Gasteiger partial charge in [0.05, 0.1) is 6.10 Å². The van der Waals surface area contributed by atoms with E-state index in [2.05, 4.69) is 169 Å². The van der Waals surface area contributed by atoms with Gasteiger partial charge in [-0.2, -0.15) is 0 Å². The molecular formula is C39H48O2Si2. The summed E-state index contributed by atoms with van der Waals surface area (Å²) in [5, 5.41) is 5.09. The highest BCUT2D eigenvalue weighted by molar-refractivity contribution is 7.00. The smallest absolute Gasteiger partial charge is 0.261 e. The van der Waals surface area contributed by atoms with Gasteiger partial charge in [0.2, 0.25) is 0 Å². The van der Waals surface area contributed by atoms with E-state index in [1.807, 2.05) is 0 Å². The van der Waals surface area contributed by atoms with Crippen LogP contribution in [0.2, 0.25) is 10.1 Å². The highest BCUT2D eigenvalue weighted by Crippen LogP contribution is 2.43. The van der Waals surface area contributed by atoms with Crippen molar-refractivity contribution in [2.24, 2.45) is 5.92 Å². The van der Waals surface area contributed by atoms with Crippen LogP contribution in [0.15, 0.2) is 133 Å². The summed E-state index contributed by atoms with van der Waals surface area (Å²) in [5.41, 5.74) is 1.25. The molecule has 1 saturated carbocycles. The normalized spacial score (nSPS) is 18.1. The van der Waals surface area contributed by atoms with Crippen molar-refractivity contribution in [1.29, 1.82) is 0 Å². The minimum Gasteiger partial charge on any atom is -0.407 e. The summed E-state index contributed by atoms with van der Waals surface area (Å²) in [4.78, 5) is 0. The Bertz CT molecular complexity index is 1390. The van der Waals surface area contributed by atoms with Crippen LogP contribution in [0.3, 0.4) is 0 Å². The minimum absolute atomic E-state index is 0.0389. The highest BCUT2D eigenvalue weighted by Gasteiger charge is 2.54. The Labute approximate surface area is 262 Å². The molecule has 0 aliphatic heterocycles. The van der Waals surface area contributed by atoms with Gasteiger partial charge in [0.15, 0.2) is 0 Å². The van der Waals surface area contributed by atoms with Crippen LogP contribution in [0.5, 0.6) is 0 Å². The largest absolute Gasteiger partial charge is 0.407 e. The maximum absolute atomic E-state index is 7.69. The van der Waals surface area contributed by atoms with Gasteiger partial charge in [0, 0.05) is 12.5 Å². The topological polar surface area (TPSA) is 18.5 Å². The number of rotatable bonds is 9. The summed E-state index contributed by atoms with van der Waals surface area (Å²) in [6.07, 6.45) is 1.98. The summed E-state index contributed by atoms with van der Waals surface area (Å²) in [7, 11) is -5.39. The maximum atomic E-state index is 7.69. The molecule has 5 rings (SSSR count). The van der Waals surface area contributed by atoms with Gasteiger partial charge >= 0.3 is 0 Å². The van der Waals surface area contributed by atoms with E-state index >= 15 is 0 Å². The Balaban J connectivity index is 1.57. The maximum Gasteiger partial charge on any atom is 0.261 e. The second kappa shape index (κ2) is 12.5. The Morgan fingerprint density at radius 1 is 0.581 bits per heavy atom. The van der Waals surface area contributed by atoms with Crippen molar-refractivity contribution in [3.05, 3.63) is 133 Å². The molecule has 4 aromatic carbocycles. The molecule has 43 heavy (non-hydrogen) atoms. The van der Waals surface area contributed by atoms with E-state index in [0.29, 0.717) is 6.61 Å². The summed E-state index contributed by atoms with van der Waals surface area (Å²) >= 11 is 0. The van der Waals surface area contributed by atoms with Crippen molar-refractivity contribution in [3.8, 4) is 0 Å². The van der Waals surface area contributed by atoms with Crippen molar-refractivity contribution in [3.63, 3.8) is 0 Å². The fraction of sp³-hybridized carbons (Fsp3) is 0.333. The Hall–Kier alpha value is -3.03. The van der Waals surface area contributed by atoms with E-state index < -0.39 is 16.6 Å². The molecule has 1 aliphatic carbocycles. The van der Waals surface area contributed by atoms with E-state index in [1.165, 1.54) is 26.3 Å². The number of benzene rings is 4. The van der Waals surface area contributed by atoms with Gasteiger partial charge in [-0.15, -0.1) is 0 Å². The molecule has 0 radical (unpaired) electrons. The quantitative estimate of drug-likeness (QED) is 0.146. The molecule has 1 fully saturated rings. The van der Waals surface area contributed by atoms with Crippen molar-refractivity contribution >= 4 is 37.4 Å². The van der Waals surface area contributed by atoms with Gasteiger partial charge in [-0.05, 0) is 43.7 Å². The zero-order valence-electron chi connectivity index (χ0n) is 26.8.